The second-order valence-electron chi connectivity index (χ2n) is 7.13. The highest BCUT2D eigenvalue weighted by Crippen LogP contribution is 2.41. The molecule has 1 spiro atoms. The van der Waals surface area contributed by atoms with Gasteiger partial charge in [-0.1, -0.05) is 37.1 Å². The largest absolute Gasteiger partial charge is 0.364 e. The molecule has 0 bridgehead atoms. The molecule has 116 valence electrons. The molecule has 1 N–H and O–H groups in total. The summed E-state index contributed by atoms with van der Waals surface area (Å²) in [7, 11) is 0. The Kier molecular flexibility index (Phi) is 4.37. The molecule has 21 heavy (non-hydrogen) atoms. The number of hydrogen-bond acceptors (Lipinski definition) is 2. The molecule has 2 heteroatoms. The molecule has 2 aliphatic rings. The lowest BCUT2D eigenvalue weighted by molar-refractivity contribution is -0.141. The first-order valence-corrected chi connectivity index (χ1v) is 8.57. The molecular weight excluding hydrogens is 258 g/mol. The minimum atomic E-state index is 0.0892. The van der Waals surface area contributed by atoms with Crippen molar-refractivity contribution in [3.8, 4) is 0 Å². The van der Waals surface area contributed by atoms with Crippen LogP contribution in [0.25, 0.3) is 0 Å². The van der Waals surface area contributed by atoms with E-state index >= 15 is 0 Å². The predicted octanol–water partition coefficient (Wildman–Crippen LogP) is 4.30. The molecule has 0 aromatic heterocycles. The molecule has 2 nitrogen and oxygen atoms in total. The summed E-state index contributed by atoms with van der Waals surface area (Å²) < 4.78 is 6.65. The summed E-state index contributed by atoms with van der Waals surface area (Å²) in [6.45, 7) is 8.67. The lowest BCUT2D eigenvalue weighted by Crippen LogP contribution is -2.52. The second kappa shape index (κ2) is 6.10. The van der Waals surface area contributed by atoms with Gasteiger partial charge in [0.25, 0.3) is 0 Å². The fourth-order valence-corrected chi connectivity index (χ4v) is 4.08. The lowest BCUT2D eigenvalue weighted by atomic mass is 9.76. The van der Waals surface area contributed by atoms with E-state index in [1.165, 1.54) is 48.8 Å². The van der Waals surface area contributed by atoms with Crippen molar-refractivity contribution in [2.24, 2.45) is 5.92 Å². The van der Waals surface area contributed by atoms with Crippen molar-refractivity contribution in [1.29, 1.82) is 0 Å². The van der Waals surface area contributed by atoms with E-state index in [2.05, 4.69) is 44.3 Å². The number of ether oxygens (including phenoxy) is 1. The fourth-order valence-electron chi connectivity index (χ4n) is 4.08. The molecule has 1 unspecified atom stereocenters. The summed E-state index contributed by atoms with van der Waals surface area (Å²) >= 11 is 0. The normalized spacial score (nSPS) is 33.3. The Labute approximate surface area is 129 Å². The number of rotatable bonds is 2. The van der Waals surface area contributed by atoms with E-state index in [0.717, 1.165) is 19.0 Å². The van der Waals surface area contributed by atoms with Crippen LogP contribution in [0.4, 0.5) is 0 Å². The standard InChI is InChI=1S/C19H29NO/c1-4-16-7-9-19(10-8-16)13-20-12-18(21-19)17-6-5-14(2)11-15(17)3/h5-6,11,16,18,20H,4,7-10,12-13H2,1-3H3. The molecule has 2 fully saturated rings. The van der Waals surface area contributed by atoms with Gasteiger partial charge in [0.15, 0.2) is 0 Å². The van der Waals surface area contributed by atoms with Crippen molar-refractivity contribution in [2.75, 3.05) is 13.1 Å². The highest BCUT2D eigenvalue weighted by Gasteiger charge is 2.40. The third kappa shape index (κ3) is 3.17. The maximum absolute atomic E-state index is 6.65. The minimum absolute atomic E-state index is 0.0892. The zero-order valence-corrected chi connectivity index (χ0v) is 13.7. The summed E-state index contributed by atoms with van der Waals surface area (Å²) in [5, 5.41) is 3.64. The molecule has 1 saturated heterocycles. The van der Waals surface area contributed by atoms with Crippen LogP contribution in [0.1, 0.15) is 61.8 Å². The van der Waals surface area contributed by atoms with E-state index in [1.54, 1.807) is 0 Å². The van der Waals surface area contributed by atoms with Gasteiger partial charge in [-0.15, -0.1) is 0 Å². The predicted molar refractivity (Wildman–Crippen MR) is 87.6 cm³/mol. The Bertz CT molecular complexity index is 488. The quantitative estimate of drug-likeness (QED) is 0.875. The molecule has 1 aliphatic carbocycles. The lowest BCUT2D eigenvalue weighted by Gasteiger charge is -2.46. The van der Waals surface area contributed by atoms with E-state index < -0.39 is 0 Å². The Morgan fingerprint density at radius 1 is 1.24 bits per heavy atom. The average molecular weight is 287 g/mol. The van der Waals surface area contributed by atoms with Crippen LogP contribution in [0.3, 0.4) is 0 Å². The topological polar surface area (TPSA) is 21.3 Å². The van der Waals surface area contributed by atoms with Crippen molar-refractivity contribution in [1.82, 2.24) is 5.32 Å². The van der Waals surface area contributed by atoms with Crippen LogP contribution < -0.4 is 5.32 Å². The van der Waals surface area contributed by atoms with Crippen LogP contribution in [0, 0.1) is 19.8 Å². The first-order chi connectivity index (χ1) is 10.1. The monoisotopic (exact) mass is 287 g/mol. The Balaban J connectivity index is 1.74. The number of morpholine rings is 1. The Hall–Kier alpha value is -0.860. The number of benzene rings is 1. The highest BCUT2D eigenvalue weighted by molar-refractivity contribution is 5.32. The maximum Gasteiger partial charge on any atom is 0.0959 e. The van der Waals surface area contributed by atoms with E-state index in [9.17, 15) is 0 Å². The summed E-state index contributed by atoms with van der Waals surface area (Å²) in [6.07, 6.45) is 6.65. The van der Waals surface area contributed by atoms with Crippen LogP contribution in [0.5, 0.6) is 0 Å². The van der Waals surface area contributed by atoms with Gasteiger partial charge in [-0.2, -0.15) is 0 Å². The molecule has 1 aromatic rings. The smallest absolute Gasteiger partial charge is 0.0959 e. The average Bonchev–Trinajstić information content (AvgIpc) is 2.48. The second-order valence-corrected chi connectivity index (χ2v) is 7.13. The van der Waals surface area contributed by atoms with Gasteiger partial charge in [0.1, 0.15) is 0 Å². The van der Waals surface area contributed by atoms with E-state index in [1.807, 2.05) is 0 Å². The first kappa shape index (κ1) is 15.1. The molecule has 0 radical (unpaired) electrons. The van der Waals surface area contributed by atoms with Gasteiger partial charge >= 0.3 is 0 Å². The van der Waals surface area contributed by atoms with Gasteiger partial charge in [0, 0.05) is 13.1 Å². The van der Waals surface area contributed by atoms with Crippen molar-refractivity contribution < 1.29 is 4.74 Å². The zero-order valence-electron chi connectivity index (χ0n) is 13.7. The van der Waals surface area contributed by atoms with Gasteiger partial charge in [-0.3, -0.25) is 0 Å². The minimum Gasteiger partial charge on any atom is -0.364 e. The molecule has 0 amide bonds. The summed E-state index contributed by atoms with van der Waals surface area (Å²) in [5.74, 6) is 0.917. The fraction of sp³-hybridized carbons (Fsp3) is 0.684. The molecule has 1 heterocycles. The van der Waals surface area contributed by atoms with Gasteiger partial charge < -0.3 is 10.1 Å². The molecule has 1 aromatic carbocycles. The molecule has 3 rings (SSSR count). The van der Waals surface area contributed by atoms with Gasteiger partial charge in [0.05, 0.1) is 11.7 Å². The summed E-state index contributed by atoms with van der Waals surface area (Å²) in [5.41, 5.74) is 4.15. The number of aryl methyl sites for hydroxylation is 2. The van der Waals surface area contributed by atoms with Gasteiger partial charge in [-0.05, 0) is 56.6 Å². The Morgan fingerprint density at radius 2 is 2.00 bits per heavy atom. The zero-order chi connectivity index (χ0) is 14.9. The highest BCUT2D eigenvalue weighted by atomic mass is 16.5. The van der Waals surface area contributed by atoms with Crippen LogP contribution in [-0.2, 0) is 4.74 Å². The van der Waals surface area contributed by atoms with E-state index in [0.29, 0.717) is 0 Å². The van der Waals surface area contributed by atoms with Crippen LogP contribution in [0.15, 0.2) is 18.2 Å². The molecular formula is C19H29NO. The first-order valence-electron chi connectivity index (χ1n) is 8.57. The van der Waals surface area contributed by atoms with Crippen molar-refractivity contribution in [3.63, 3.8) is 0 Å². The molecule has 1 atom stereocenters. The van der Waals surface area contributed by atoms with E-state index in [-0.39, 0.29) is 11.7 Å². The third-order valence-corrected chi connectivity index (χ3v) is 5.54. The van der Waals surface area contributed by atoms with Crippen LogP contribution in [0.2, 0.25) is 0 Å². The summed E-state index contributed by atoms with van der Waals surface area (Å²) in [6, 6.07) is 6.74. The Morgan fingerprint density at radius 3 is 2.67 bits per heavy atom. The van der Waals surface area contributed by atoms with Crippen LogP contribution >= 0.6 is 0 Å². The van der Waals surface area contributed by atoms with Gasteiger partial charge in [-0.25, -0.2) is 0 Å². The molecule has 1 saturated carbocycles. The van der Waals surface area contributed by atoms with Crippen LogP contribution in [-0.4, -0.2) is 18.7 Å². The van der Waals surface area contributed by atoms with Crippen molar-refractivity contribution >= 4 is 0 Å². The molecule has 1 aliphatic heterocycles. The number of nitrogens with one attached hydrogen (secondary N) is 1. The van der Waals surface area contributed by atoms with Gasteiger partial charge in [0.2, 0.25) is 0 Å². The maximum atomic E-state index is 6.65. The van der Waals surface area contributed by atoms with Crippen molar-refractivity contribution in [3.05, 3.63) is 34.9 Å². The van der Waals surface area contributed by atoms with Crippen molar-refractivity contribution in [2.45, 2.75) is 64.6 Å². The number of hydrogen-bond donors (Lipinski definition) is 1. The SMILES string of the molecule is CCC1CCC2(CC1)CNCC(c1ccc(C)cc1C)O2. The summed E-state index contributed by atoms with van der Waals surface area (Å²) in [4.78, 5) is 0. The third-order valence-electron chi connectivity index (χ3n) is 5.54. The van der Waals surface area contributed by atoms with E-state index in [4.69, 9.17) is 4.74 Å².